The fraction of sp³-hybridized carbons (Fsp3) is 0.933. The van der Waals surface area contributed by atoms with Crippen LogP contribution in [0.3, 0.4) is 0 Å². The lowest BCUT2D eigenvalue weighted by molar-refractivity contribution is -0.125. The molecule has 1 amide bonds. The summed E-state index contributed by atoms with van der Waals surface area (Å²) in [6, 6.07) is 0. The largest absolute Gasteiger partial charge is 0.372 e. The molecule has 1 rings (SSSR count). The van der Waals surface area contributed by atoms with Crippen molar-refractivity contribution in [3.8, 4) is 0 Å². The summed E-state index contributed by atoms with van der Waals surface area (Å²) in [5.74, 6) is -0.0482. The number of likely N-dealkylation sites (N-methyl/N-ethyl adjacent to an activating group) is 1. The second kappa shape index (κ2) is 17.4. The van der Waals surface area contributed by atoms with E-state index in [4.69, 9.17) is 4.74 Å². The molecule has 0 bridgehead atoms. The average Bonchev–Trinajstić information content (AvgIpc) is 2.51. The first-order valence-electron chi connectivity index (χ1n) is 7.83. The maximum Gasteiger partial charge on any atom is 0.245 e. The Morgan fingerprint density at radius 2 is 1.68 bits per heavy atom. The Morgan fingerprint density at radius 3 is 2.21 bits per heavy atom. The van der Waals surface area contributed by atoms with Crippen molar-refractivity contribution in [1.29, 1.82) is 0 Å². The van der Waals surface area contributed by atoms with E-state index in [-0.39, 0.29) is 12.5 Å². The van der Waals surface area contributed by atoms with E-state index in [1.165, 1.54) is 32.4 Å². The van der Waals surface area contributed by atoms with Gasteiger partial charge in [-0.05, 0) is 32.4 Å². The van der Waals surface area contributed by atoms with Crippen LogP contribution in [0.5, 0.6) is 0 Å². The summed E-state index contributed by atoms with van der Waals surface area (Å²) in [6.07, 6.45) is 5.07. The molecule has 0 aliphatic carbocycles. The Labute approximate surface area is 119 Å². The molecule has 0 saturated carbocycles. The minimum atomic E-state index is -0.0482. The minimum Gasteiger partial charge on any atom is -0.372 e. The minimum absolute atomic E-state index is 0.0482. The Hall–Kier alpha value is -0.610. The van der Waals surface area contributed by atoms with E-state index in [0.29, 0.717) is 6.61 Å². The molecule has 0 atom stereocenters. The van der Waals surface area contributed by atoms with Crippen molar-refractivity contribution in [2.45, 2.75) is 53.4 Å². The van der Waals surface area contributed by atoms with E-state index in [0.717, 1.165) is 13.0 Å². The van der Waals surface area contributed by atoms with Gasteiger partial charge < -0.3 is 15.0 Å². The number of nitrogens with zero attached hydrogens (tertiary/aromatic N) is 1. The van der Waals surface area contributed by atoms with Crippen LogP contribution < -0.4 is 5.32 Å². The van der Waals surface area contributed by atoms with Gasteiger partial charge in [0.25, 0.3) is 0 Å². The molecule has 4 nitrogen and oxygen atoms in total. The number of piperidine rings is 1. The molecule has 116 valence electrons. The lowest BCUT2D eigenvalue weighted by atomic mass is 10.1. The number of nitrogens with one attached hydrogen (secondary N) is 1. The Balaban J connectivity index is 0. The Bertz CT molecular complexity index is 181. The first-order chi connectivity index (χ1) is 9.33. The zero-order valence-electron chi connectivity index (χ0n) is 13.6. The second-order valence-electron chi connectivity index (χ2n) is 3.98. The quantitative estimate of drug-likeness (QED) is 0.757. The number of carbonyl (C=O) groups is 1. The summed E-state index contributed by atoms with van der Waals surface area (Å²) in [5.41, 5.74) is 0. The molecule has 0 aromatic carbocycles. The molecule has 0 unspecified atom stereocenters. The lowest BCUT2D eigenvalue weighted by Gasteiger charge is -2.26. The van der Waals surface area contributed by atoms with Crippen molar-refractivity contribution in [3.63, 3.8) is 0 Å². The second-order valence-corrected chi connectivity index (χ2v) is 3.98. The van der Waals surface area contributed by atoms with E-state index < -0.39 is 0 Å². The molecule has 0 aromatic heterocycles. The molecule has 1 N–H and O–H groups in total. The van der Waals surface area contributed by atoms with Gasteiger partial charge in [0.2, 0.25) is 5.91 Å². The summed E-state index contributed by atoms with van der Waals surface area (Å²) < 4.78 is 5.24. The molecular weight excluding hydrogens is 240 g/mol. The zero-order valence-corrected chi connectivity index (χ0v) is 13.6. The van der Waals surface area contributed by atoms with Gasteiger partial charge in [0, 0.05) is 20.2 Å². The molecule has 19 heavy (non-hydrogen) atoms. The van der Waals surface area contributed by atoms with Crippen LogP contribution in [0.1, 0.15) is 53.4 Å². The Kier molecular flexibility index (Phi) is 18.9. The SMILES string of the molecule is CC.CC.CNC(=O)COCCCN1CCCCC1. The average molecular weight is 274 g/mol. The number of amides is 1. The van der Waals surface area contributed by atoms with Gasteiger partial charge in [0.1, 0.15) is 6.61 Å². The molecule has 0 spiro atoms. The van der Waals surface area contributed by atoms with Gasteiger partial charge in [-0.15, -0.1) is 0 Å². The summed E-state index contributed by atoms with van der Waals surface area (Å²) in [6.45, 7) is 12.4. The number of carbonyl (C=O) groups excluding carboxylic acids is 1. The predicted octanol–water partition coefficient (Wildman–Crippen LogP) is 2.68. The summed E-state index contributed by atoms with van der Waals surface area (Å²) in [7, 11) is 1.62. The number of likely N-dealkylation sites (tertiary alicyclic amines) is 1. The van der Waals surface area contributed by atoms with Crippen LogP contribution in [-0.4, -0.2) is 50.7 Å². The summed E-state index contributed by atoms with van der Waals surface area (Å²) >= 11 is 0. The van der Waals surface area contributed by atoms with Crippen LogP contribution >= 0.6 is 0 Å². The van der Waals surface area contributed by atoms with Crippen LogP contribution in [0.25, 0.3) is 0 Å². The smallest absolute Gasteiger partial charge is 0.245 e. The monoisotopic (exact) mass is 274 g/mol. The molecule has 1 fully saturated rings. The highest BCUT2D eigenvalue weighted by Gasteiger charge is 2.08. The van der Waals surface area contributed by atoms with Crippen molar-refractivity contribution in [2.75, 3.05) is 39.9 Å². The topological polar surface area (TPSA) is 41.6 Å². The first kappa shape index (κ1) is 20.7. The fourth-order valence-electron chi connectivity index (χ4n) is 1.81. The number of ether oxygens (including phenoxy) is 1. The molecule has 0 aromatic rings. The summed E-state index contributed by atoms with van der Waals surface area (Å²) in [4.78, 5) is 13.3. The van der Waals surface area contributed by atoms with Gasteiger partial charge in [-0.25, -0.2) is 0 Å². The summed E-state index contributed by atoms with van der Waals surface area (Å²) in [5, 5.41) is 2.53. The van der Waals surface area contributed by atoms with Gasteiger partial charge in [0.05, 0.1) is 0 Å². The van der Waals surface area contributed by atoms with Crippen LogP contribution in [0.2, 0.25) is 0 Å². The van der Waals surface area contributed by atoms with Crippen LogP contribution in [0.4, 0.5) is 0 Å². The molecule has 1 heterocycles. The van der Waals surface area contributed by atoms with Crippen LogP contribution in [-0.2, 0) is 9.53 Å². The van der Waals surface area contributed by atoms with E-state index in [9.17, 15) is 4.79 Å². The normalized spacial score (nSPS) is 14.6. The van der Waals surface area contributed by atoms with Gasteiger partial charge >= 0.3 is 0 Å². The highest BCUT2D eigenvalue weighted by molar-refractivity contribution is 5.76. The van der Waals surface area contributed by atoms with Crippen LogP contribution in [0, 0.1) is 0 Å². The maximum absolute atomic E-state index is 10.8. The van der Waals surface area contributed by atoms with Crippen molar-refractivity contribution in [3.05, 3.63) is 0 Å². The third-order valence-electron chi connectivity index (χ3n) is 2.72. The van der Waals surface area contributed by atoms with Gasteiger partial charge in [-0.1, -0.05) is 34.1 Å². The van der Waals surface area contributed by atoms with Crippen LogP contribution in [0.15, 0.2) is 0 Å². The van der Waals surface area contributed by atoms with Gasteiger partial charge in [-0.3, -0.25) is 4.79 Å². The molecule has 4 heteroatoms. The molecule has 1 saturated heterocycles. The molecule has 1 aliphatic heterocycles. The highest BCUT2D eigenvalue weighted by Crippen LogP contribution is 2.08. The van der Waals surface area contributed by atoms with Crippen molar-refractivity contribution < 1.29 is 9.53 Å². The number of hydrogen-bond donors (Lipinski definition) is 1. The molecular formula is C15H34N2O2. The molecule has 0 radical (unpaired) electrons. The highest BCUT2D eigenvalue weighted by atomic mass is 16.5. The van der Waals surface area contributed by atoms with E-state index in [1.807, 2.05) is 27.7 Å². The zero-order chi connectivity index (χ0) is 14.9. The third kappa shape index (κ3) is 13.6. The first-order valence-corrected chi connectivity index (χ1v) is 7.83. The lowest BCUT2D eigenvalue weighted by Crippen LogP contribution is -2.31. The third-order valence-corrected chi connectivity index (χ3v) is 2.72. The van der Waals surface area contributed by atoms with E-state index in [1.54, 1.807) is 7.05 Å². The van der Waals surface area contributed by atoms with Gasteiger partial charge in [0.15, 0.2) is 0 Å². The van der Waals surface area contributed by atoms with Crippen molar-refractivity contribution in [2.24, 2.45) is 0 Å². The Morgan fingerprint density at radius 1 is 1.11 bits per heavy atom. The molecule has 1 aliphatic rings. The maximum atomic E-state index is 10.8. The van der Waals surface area contributed by atoms with Crippen molar-refractivity contribution in [1.82, 2.24) is 10.2 Å². The van der Waals surface area contributed by atoms with Crippen molar-refractivity contribution >= 4 is 5.91 Å². The van der Waals surface area contributed by atoms with Gasteiger partial charge in [-0.2, -0.15) is 0 Å². The van der Waals surface area contributed by atoms with E-state index >= 15 is 0 Å². The van der Waals surface area contributed by atoms with E-state index in [2.05, 4.69) is 10.2 Å². The fourth-order valence-corrected chi connectivity index (χ4v) is 1.81. The number of rotatable bonds is 6. The standard InChI is InChI=1S/C11H22N2O2.2C2H6/c1-12-11(14)10-15-9-5-8-13-6-3-2-4-7-13;2*1-2/h2-10H2,1H3,(H,12,14);2*1-2H3. The number of hydrogen-bond acceptors (Lipinski definition) is 3. The predicted molar refractivity (Wildman–Crippen MR) is 82.5 cm³/mol.